The molecule has 4 aromatic rings. The summed E-state index contributed by atoms with van der Waals surface area (Å²) < 4.78 is 81.4. The van der Waals surface area contributed by atoms with Gasteiger partial charge in [-0.25, -0.2) is 4.98 Å². The summed E-state index contributed by atoms with van der Waals surface area (Å²) in [6.45, 7) is 1.72. The molecular formula is C21H14F6N2. The number of hydrogen-bond donors (Lipinski definition) is 0. The largest absolute Gasteiger partial charge is 0.418 e. The van der Waals surface area contributed by atoms with E-state index < -0.39 is 35.0 Å². The Morgan fingerprint density at radius 2 is 1.55 bits per heavy atom. The Balaban J connectivity index is 1.97. The van der Waals surface area contributed by atoms with Gasteiger partial charge in [0.15, 0.2) is 0 Å². The van der Waals surface area contributed by atoms with Crippen LogP contribution >= 0.6 is 0 Å². The molecule has 0 saturated heterocycles. The van der Waals surface area contributed by atoms with Crippen molar-refractivity contribution in [1.29, 1.82) is 0 Å². The summed E-state index contributed by atoms with van der Waals surface area (Å²) in [5, 5.41) is 1.79. The van der Waals surface area contributed by atoms with Crippen molar-refractivity contribution in [3.8, 4) is 0 Å². The number of rotatable bonds is 2. The zero-order valence-corrected chi connectivity index (χ0v) is 15.0. The highest BCUT2D eigenvalue weighted by Crippen LogP contribution is 2.40. The molecule has 3 aromatic carbocycles. The van der Waals surface area contributed by atoms with Crippen LogP contribution in [0.4, 0.5) is 26.3 Å². The van der Waals surface area contributed by atoms with Crippen LogP contribution in [-0.2, 0) is 12.4 Å². The van der Waals surface area contributed by atoms with E-state index in [2.05, 4.69) is 4.98 Å². The molecule has 0 bridgehead atoms. The van der Waals surface area contributed by atoms with E-state index in [9.17, 15) is 26.3 Å². The molecule has 0 aliphatic rings. The Labute approximate surface area is 161 Å². The predicted molar refractivity (Wildman–Crippen MR) is 97.5 cm³/mol. The second-order valence-electron chi connectivity index (χ2n) is 6.78. The standard InChI is InChI=1S/C21H14F6N2/c1-12(15-8-4-6-13-5-2-3-7-16(13)15)29-11-28-19-17(21(25,26)27)9-14(10-18(19)29)20(22,23)24/h2-12H,1H3/t12-/m1/s1. The van der Waals surface area contributed by atoms with Gasteiger partial charge in [-0.3, -0.25) is 0 Å². The van der Waals surface area contributed by atoms with Crippen molar-refractivity contribution in [3.05, 3.63) is 77.6 Å². The normalized spacial score (nSPS) is 13.9. The van der Waals surface area contributed by atoms with E-state index in [-0.39, 0.29) is 11.6 Å². The van der Waals surface area contributed by atoms with E-state index in [1.54, 1.807) is 19.1 Å². The molecule has 150 valence electrons. The van der Waals surface area contributed by atoms with Gasteiger partial charge in [-0.2, -0.15) is 26.3 Å². The molecular weight excluding hydrogens is 394 g/mol. The smallest absolute Gasteiger partial charge is 0.323 e. The monoisotopic (exact) mass is 408 g/mol. The zero-order chi connectivity index (χ0) is 21.0. The Bertz CT molecular complexity index is 1200. The van der Waals surface area contributed by atoms with Gasteiger partial charge in [0, 0.05) is 0 Å². The van der Waals surface area contributed by atoms with Gasteiger partial charge in [0.05, 0.1) is 29.0 Å². The van der Waals surface area contributed by atoms with Crippen LogP contribution in [0.25, 0.3) is 21.8 Å². The maximum absolute atomic E-state index is 13.4. The van der Waals surface area contributed by atoms with Gasteiger partial charge in [-0.1, -0.05) is 42.5 Å². The maximum Gasteiger partial charge on any atom is 0.418 e. The first kappa shape index (κ1) is 19.3. The molecule has 1 aromatic heterocycles. The van der Waals surface area contributed by atoms with Crippen LogP contribution in [0, 0.1) is 0 Å². The molecule has 0 saturated carbocycles. The molecule has 2 nitrogen and oxygen atoms in total. The number of imidazole rings is 1. The van der Waals surface area contributed by atoms with Gasteiger partial charge < -0.3 is 4.57 Å². The van der Waals surface area contributed by atoms with Crippen molar-refractivity contribution in [1.82, 2.24) is 9.55 Å². The van der Waals surface area contributed by atoms with Crippen molar-refractivity contribution in [2.24, 2.45) is 0 Å². The van der Waals surface area contributed by atoms with Gasteiger partial charge in [-0.15, -0.1) is 0 Å². The van der Waals surface area contributed by atoms with E-state index in [0.717, 1.165) is 28.7 Å². The molecule has 0 aliphatic carbocycles. The summed E-state index contributed by atoms with van der Waals surface area (Å²) in [4.78, 5) is 3.81. The van der Waals surface area contributed by atoms with Crippen LogP contribution in [0.2, 0.25) is 0 Å². The highest BCUT2D eigenvalue weighted by atomic mass is 19.4. The van der Waals surface area contributed by atoms with Crippen molar-refractivity contribution < 1.29 is 26.3 Å². The molecule has 0 spiro atoms. The Kier molecular flexibility index (Phi) is 4.33. The van der Waals surface area contributed by atoms with Crippen molar-refractivity contribution >= 4 is 21.8 Å². The maximum atomic E-state index is 13.4. The summed E-state index contributed by atoms with van der Waals surface area (Å²) in [5.41, 5.74) is -2.70. The second kappa shape index (κ2) is 6.50. The predicted octanol–water partition coefficient (Wildman–Crippen LogP) is 6.84. The fraction of sp³-hybridized carbons (Fsp3) is 0.190. The topological polar surface area (TPSA) is 17.8 Å². The quantitative estimate of drug-likeness (QED) is 0.332. The van der Waals surface area contributed by atoms with Crippen LogP contribution in [-0.4, -0.2) is 9.55 Å². The third kappa shape index (κ3) is 3.32. The third-order valence-corrected chi connectivity index (χ3v) is 5.00. The lowest BCUT2D eigenvalue weighted by molar-refractivity contribution is -0.142. The van der Waals surface area contributed by atoms with Crippen molar-refractivity contribution in [2.45, 2.75) is 25.3 Å². The summed E-state index contributed by atoms with van der Waals surface area (Å²) in [7, 11) is 0. The minimum Gasteiger partial charge on any atom is -0.323 e. The number of alkyl halides is 6. The SMILES string of the molecule is C[C@H](c1cccc2ccccc12)n1cnc2c(C(F)(F)F)cc(C(F)(F)F)cc21. The van der Waals surface area contributed by atoms with E-state index in [1.807, 2.05) is 30.3 Å². The van der Waals surface area contributed by atoms with Crippen LogP contribution in [0.5, 0.6) is 0 Å². The fourth-order valence-corrected chi connectivity index (χ4v) is 3.59. The summed E-state index contributed by atoms with van der Waals surface area (Å²) in [5.74, 6) is 0. The molecule has 4 rings (SSSR count). The zero-order valence-electron chi connectivity index (χ0n) is 15.0. The lowest BCUT2D eigenvalue weighted by Crippen LogP contribution is -2.12. The molecule has 0 N–H and O–H groups in total. The van der Waals surface area contributed by atoms with Gasteiger partial charge >= 0.3 is 12.4 Å². The van der Waals surface area contributed by atoms with Crippen LogP contribution in [0.3, 0.4) is 0 Å². The summed E-state index contributed by atoms with van der Waals surface area (Å²) in [6.07, 6.45) is -8.71. The highest BCUT2D eigenvalue weighted by molar-refractivity contribution is 5.87. The molecule has 0 unspecified atom stereocenters. The molecule has 8 heteroatoms. The average Bonchev–Trinajstić information content (AvgIpc) is 3.08. The summed E-state index contributed by atoms with van der Waals surface area (Å²) in [6, 6.07) is 13.2. The number of nitrogens with zero attached hydrogens (tertiary/aromatic N) is 2. The molecule has 1 heterocycles. The molecule has 1 atom stereocenters. The first-order valence-electron chi connectivity index (χ1n) is 8.70. The van der Waals surface area contributed by atoms with E-state index in [1.165, 1.54) is 4.57 Å². The molecule has 0 aliphatic heterocycles. The number of aromatic nitrogens is 2. The molecule has 29 heavy (non-hydrogen) atoms. The Morgan fingerprint density at radius 3 is 2.24 bits per heavy atom. The average molecular weight is 408 g/mol. The van der Waals surface area contributed by atoms with Crippen molar-refractivity contribution in [2.75, 3.05) is 0 Å². The molecule has 0 radical (unpaired) electrons. The van der Waals surface area contributed by atoms with E-state index >= 15 is 0 Å². The summed E-state index contributed by atoms with van der Waals surface area (Å²) >= 11 is 0. The third-order valence-electron chi connectivity index (χ3n) is 5.00. The number of fused-ring (bicyclic) bond motifs is 2. The minimum atomic E-state index is -4.96. The second-order valence-corrected chi connectivity index (χ2v) is 6.78. The number of benzene rings is 3. The van der Waals surface area contributed by atoms with Gasteiger partial charge in [-0.05, 0) is 35.4 Å². The van der Waals surface area contributed by atoms with Crippen molar-refractivity contribution in [3.63, 3.8) is 0 Å². The van der Waals surface area contributed by atoms with Gasteiger partial charge in [0.25, 0.3) is 0 Å². The van der Waals surface area contributed by atoms with Gasteiger partial charge in [0.2, 0.25) is 0 Å². The lowest BCUT2D eigenvalue weighted by atomic mass is 9.99. The number of halogens is 6. The highest BCUT2D eigenvalue weighted by Gasteiger charge is 2.39. The van der Waals surface area contributed by atoms with E-state index in [4.69, 9.17) is 0 Å². The minimum absolute atomic E-state index is 0.113. The van der Waals surface area contributed by atoms with Crippen LogP contribution in [0.15, 0.2) is 60.9 Å². The Morgan fingerprint density at radius 1 is 0.862 bits per heavy atom. The Hall–Kier alpha value is -3.03. The molecule has 0 amide bonds. The van der Waals surface area contributed by atoms with Crippen LogP contribution in [0.1, 0.15) is 29.7 Å². The number of hydrogen-bond acceptors (Lipinski definition) is 1. The van der Waals surface area contributed by atoms with Crippen LogP contribution < -0.4 is 0 Å². The first-order valence-corrected chi connectivity index (χ1v) is 8.70. The lowest BCUT2D eigenvalue weighted by Gasteiger charge is -2.19. The first-order chi connectivity index (χ1) is 13.6. The van der Waals surface area contributed by atoms with E-state index in [0.29, 0.717) is 0 Å². The molecule has 0 fully saturated rings. The fourth-order valence-electron chi connectivity index (χ4n) is 3.59. The van der Waals surface area contributed by atoms with Gasteiger partial charge in [0.1, 0.15) is 5.52 Å².